The minimum atomic E-state index is -0.657. The van der Waals surface area contributed by atoms with Crippen LogP contribution in [-0.2, 0) is 4.79 Å². The summed E-state index contributed by atoms with van der Waals surface area (Å²) in [6.45, 7) is 4.43. The van der Waals surface area contributed by atoms with E-state index in [4.69, 9.17) is 0 Å². The van der Waals surface area contributed by atoms with E-state index in [2.05, 4.69) is 19.2 Å². The highest BCUT2D eigenvalue weighted by molar-refractivity contribution is 5.76. The van der Waals surface area contributed by atoms with Crippen molar-refractivity contribution in [3.63, 3.8) is 0 Å². The van der Waals surface area contributed by atoms with E-state index in [1.165, 1.54) is 411 Å². The van der Waals surface area contributed by atoms with Crippen molar-refractivity contribution in [1.29, 1.82) is 0 Å². The molecule has 0 saturated heterocycles. The molecule has 1 amide bonds. The highest BCUT2D eigenvalue weighted by atomic mass is 16.3. The third-order valence-corrected chi connectivity index (χ3v) is 18.6. The number of nitrogens with one attached hydrogen (secondary N) is 1. The third kappa shape index (κ3) is 68.2. The number of hydrogen-bond acceptors (Lipinski definition) is 3. The van der Waals surface area contributed by atoms with Crippen LogP contribution in [0.5, 0.6) is 0 Å². The molecule has 0 aromatic heterocycles. The Hall–Kier alpha value is -0.610. The molecule has 4 heteroatoms. The molecule has 0 bridgehead atoms. The third-order valence-electron chi connectivity index (χ3n) is 18.6. The van der Waals surface area contributed by atoms with Crippen LogP contribution in [0.3, 0.4) is 0 Å². The molecule has 0 saturated carbocycles. The Labute approximate surface area is 505 Å². The van der Waals surface area contributed by atoms with Gasteiger partial charge in [0.2, 0.25) is 5.91 Å². The monoisotopic (exact) mass is 1130 g/mol. The average Bonchev–Trinajstić information content (AvgIpc) is 3.46. The van der Waals surface area contributed by atoms with Crippen molar-refractivity contribution in [1.82, 2.24) is 5.32 Å². The second kappa shape index (κ2) is 72.6. The zero-order valence-corrected chi connectivity index (χ0v) is 55.7. The standard InChI is InChI=1S/C76H153NO3/c1-3-5-7-9-11-13-15-17-19-21-23-25-27-29-31-33-34-35-36-37-38-39-40-41-42-43-44-46-48-50-52-54-56-58-60-62-64-66-68-70-72-76(80)77-74(73-78)75(79)71-69-67-65-63-61-59-57-55-53-51-49-47-45-32-30-28-26-24-22-20-18-16-14-12-10-8-6-4-2/h74-75,78-79H,3-73H2,1-2H3,(H,77,80). The van der Waals surface area contributed by atoms with E-state index in [-0.39, 0.29) is 12.5 Å². The first-order valence-corrected chi connectivity index (χ1v) is 38.2. The summed E-state index contributed by atoms with van der Waals surface area (Å²) in [5, 5.41) is 23.5. The van der Waals surface area contributed by atoms with Gasteiger partial charge in [0.25, 0.3) is 0 Å². The quantitative estimate of drug-likeness (QED) is 0.0532. The van der Waals surface area contributed by atoms with Gasteiger partial charge in [-0.3, -0.25) is 4.79 Å². The van der Waals surface area contributed by atoms with Crippen LogP contribution in [0.15, 0.2) is 0 Å². The van der Waals surface area contributed by atoms with Crippen molar-refractivity contribution in [3.05, 3.63) is 0 Å². The molecule has 2 unspecified atom stereocenters. The summed E-state index contributed by atoms with van der Waals surface area (Å²) in [5.74, 6) is -0.0184. The summed E-state index contributed by atoms with van der Waals surface area (Å²) in [7, 11) is 0. The van der Waals surface area contributed by atoms with Gasteiger partial charge in [0.1, 0.15) is 0 Å². The molecule has 4 nitrogen and oxygen atoms in total. The van der Waals surface area contributed by atoms with Crippen LogP contribution in [-0.4, -0.2) is 34.9 Å². The summed E-state index contributed by atoms with van der Waals surface area (Å²) in [6, 6.07) is -0.533. The molecule has 480 valence electrons. The summed E-state index contributed by atoms with van der Waals surface area (Å²) < 4.78 is 0. The van der Waals surface area contributed by atoms with Crippen LogP contribution < -0.4 is 5.32 Å². The molecule has 0 rings (SSSR count). The highest BCUT2D eigenvalue weighted by Gasteiger charge is 2.20. The van der Waals surface area contributed by atoms with E-state index in [9.17, 15) is 15.0 Å². The summed E-state index contributed by atoms with van der Waals surface area (Å²) in [4.78, 5) is 12.6. The second-order valence-corrected chi connectivity index (χ2v) is 26.8. The molecule has 0 aromatic carbocycles. The molecule has 0 aliphatic heterocycles. The lowest BCUT2D eigenvalue weighted by molar-refractivity contribution is -0.123. The topological polar surface area (TPSA) is 69.6 Å². The van der Waals surface area contributed by atoms with E-state index in [1.807, 2.05) is 0 Å². The number of amides is 1. The fourth-order valence-corrected chi connectivity index (χ4v) is 12.8. The minimum absolute atomic E-state index is 0.0184. The molecule has 3 N–H and O–H groups in total. The number of carbonyl (C=O) groups excluding carboxylic acids is 1. The summed E-state index contributed by atoms with van der Waals surface area (Å²) >= 11 is 0. The van der Waals surface area contributed by atoms with Crippen LogP contribution in [0.1, 0.15) is 463 Å². The fourth-order valence-electron chi connectivity index (χ4n) is 12.8. The van der Waals surface area contributed by atoms with Crippen LogP contribution >= 0.6 is 0 Å². The molecule has 2 atom stereocenters. The largest absolute Gasteiger partial charge is 0.394 e. The first-order valence-electron chi connectivity index (χ1n) is 38.2. The highest BCUT2D eigenvalue weighted by Crippen LogP contribution is 2.21. The van der Waals surface area contributed by atoms with Crippen molar-refractivity contribution in [2.24, 2.45) is 0 Å². The Balaban J connectivity index is 3.33. The van der Waals surface area contributed by atoms with Gasteiger partial charge in [-0.25, -0.2) is 0 Å². The normalized spacial score (nSPS) is 12.5. The van der Waals surface area contributed by atoms with Crippen molar-refractivity contribution in [3.8, 4) is 0 Å². The Morgan fingerprint density at radius 2 is 0.400 bits per heavy atom. The van der Waals surface area contributed by atoms with Gasteiger partial charge in [0.15, 0.2) is 0 Å². The van der Waals surface area contributed by atoms with Crippen LogP contribution in [0.25, 0.3) is 0 Å². The molecule has 0 aliphatic carbocycles. The van der Waals surface area contributed by atoms with Gasteiger partial charge in [-0.05, 0) is 12.8 Å². The minimum Gasteiger partial charge on any atom is -0.394 e. The number of carbonyl (C=O) groups is 1. The number of unbranched alkanes of at least 4 members (excludes halogenated alkanes) is 66. The zero-order valence-electron chi connectivity index (χ0n) is 55.7. The van der Waals surface area contributed by atoms with Crippen molar-refractivity contribution in [2.75, 3.05) is 6.61 Å². The van der Waals surface area contributed by atoms with Gasteiger partial charge in [-0.2, -0.15) is 0 Å². The van der Waals surface area contributed by atoms with Gasteiger partial charge in [0.05, 0.1) is 18.8 Å². The predicted molar refractivity (Wildman–Crippen MR) is 360 cm³/mol. The fraction of sp³-hybridized carbons (Fsp3) is 0.987. The first-order chi connectivity index (χ1) is 39.7. The zero-order chi connectivity index (χ0) is 57.6. The van der Waals surface area contributed by atoms with Gasteiger partial charge < -0.3 is 15.5 Å². The second-order valence-electron chi connectivity index (χ2n) is 26.8. The van der Waals surface area contributed by atoms with E-state index in [0.29, 0.717) is 12.8 Å². The van der Waals surface area contributed by atoms with E-state index in [0.717, 1.165) is 25.7 Å². The van der Waals surface area contributed by atoms with Gasteiger partial charge in [0, 0.05) is 6.42 Å². The van der Waals surface area contributed by atoms with Crippen LogP contribution in [0, 0.1) is 0 Å². The SMILES string of the molecule is CCCCCCCCCCCCCCCCCCCCCCCCCCCCCCCCCCCCCCCCCCC(=O)NC(CO)C(O)CCCCCCCCCCCCCCCCCCCCCCCCCCCCCC. The maximum atomic E-state index is 12.6. The lowest BCUT2D eigenvalue weighted by Crippen LogP contribution is -2.45. The van der Waals surface area contributed by atoms with Crippen molar-refractivity contribution >= 4 is 5.91 Å². The maximum Gasteiger partial charge on any atom is 0.220 e. The van der Waals surface area contributed by atoms with Crippen LogP contribution in [0.4, 0.5) is 0 Å². The van der Waals surface area contributed by atoms with Crippen molar-refractivity contribution < 1.29 is 15.0 Å². The number of rotatable bonds is 73. The number of aliphatic hydroxyl groups is 2. The van der Waals surface area contributed by atoms with Gasteiger partial charge >= 0.3 is 0 Å². The maximum absolute atomic E-state index is 12.6. The summed E-state index contributed by atoms with van der Waals surface area (Å²) in [6.07, 6.45) is 96.4. The summed E-state index contributed by atoms with van der Waals surface area (Å²) in [5.41, 5.74) is 0. The van der Waals surface area contributed by atoms with E-state index < -0.39 is 12.1 Å². The lowest BCUT2D eigenvalue weighted by atomic mass is 10.0. The van der Waals surface area contributed by atoms with E-state index in [1.54, 1.807) is 0 Å². The Kier molecular flexibility index (Phi) is 72.1. The molecule has 0 spiro atoms. The average molecular weight is 1130 g/mol. The molecule has 0 aromatic rings. The smallest absolute Gasteiger partial charge is 0.220 e. The van der Waals surface area contributed by atoms with Gasteiger partial charge in [-0.15, -0.1) is 0 Å². The first kappa shape index (κ1) is 79.4. The predicted octanol–water partition coefficient (Wildman–Crippen LogP) is 26.2. The Bertz CT molecular complexity index is 1100. The molecular weight excluding hydrogens is 975 g/mol. The van der Waals surface area contributed by atoms with Crippen molar-refractivity contribution in [2.45, 2.75) is 475 Å². The molecule has 0 aliphatic rings. The molecule has 80 heavy (non-hydrogen) atoms. The Morgan fingerprint density at radius 3 is 0.562 bits per heavy atom. The Morgan fingerprint density at radius 1 is 0.250 bits per heavy atom. The molecule has 0 radical (unpaired) electrons. The van der Waals surface area contributed by atoms with Gasteiger partial charge in [-0.1, -0.05) is 444 Å². The van der Waals surface area contributed by atoms with E-state index >= 15 is 0 Å². The molecule has 0 fully saturated rings. The number of hydrogen-bond donors (Lipinski definition) is 3. The molecular formula is C76H153NO3. The lowest BCUT2D eigenvalue weighted by Gasteiger charge is -2.22. The molecule has 0 heterocycles. The van der Waals surface area contributed by atoms with Crippen LogP contribution in [0.2, 0.25) is 0 Å². The number of aliphatic hydroxyl groups excluding tert-OH is 2.